The number of benzene rings is 2. The van der Waals surface area contributed by atoms with Gasteiger partial charge >= 0.3 is 0 Å². The van der Waals surface area contributed by atoms with Crippen molar-refractivity contribution < 1.29 is 4.79 Å². The van der Waals surface area contributed by atoms with E-state index in [9.17, 15) is 4.79 Å². The van der Waals surface area contributed by atoms with E-state index in [4.69, 9.17) is 0 Å². The van der Waals surface area contributed by atoms with Crippen LogP contribution in [0.1, 0.15) is 17.5 Å². The topological polar surface area (TPSA) is 32.3 Å². The molecule has 0 fully saturated rings. The molecule has 0 aromatic heterocycles. The molecule has 3 nitrogen and oxygen atoms in total. The van der Waals surface area contributed by atoms with Gasteiger partial charge in [0.05, 0.1) is 6.54 Å². The molecule has 2 aromatic rings. The molecular weight excluding hydrogens is 387 g/mol. The Morgan fingerprint density at radius 1 is 1.27 bits per heavy atom. The maximum atomic E-state index is 12.4. The Kier molecular flexibility index (Phi) is 4.66. The number of amides is 1. The summed E-state index contributed by atoms with van der Waals surface area (Å²) in [7, 11) is 0. The van der Waals surface area contributed by atoms with Crippen molar-refractivity contribution in [3.05, 3.63) is 57.2 Å². The molecule has 0 saturated carbocycles. The number of fused-ring (bicyclic) bond motifs is 1. The van der Waals surface area contributed by atoms with E-state index in [-0.39, 0.29) is 5.91 Å². The summed E-state index contributed by atoms with van der Waals surface area (Å²) in [5.74, 6) is 0.0426. The first kappa shape index (κ1) is 15.3. The summed E-state index contributed by atoms with van der Waals surface area (Å²) in [5.41, 5.74) is 4.53. The molecule has 1 aliphatic heterocycles. The molecule has 0 saturated heterocycles. The van der Waals surface area contributed by atoms with Gasteiger partial charge in [0.1, 0.15) is 0 Å². The third-order valence-electron chi connectivity index (χ3n) is 4.00. The molecular formula is C18H19IN2O. The zero-order valence-corrected chi connectivity index (χ0v) is 14.8. The molecule has 3 rings (SSSR count). The van der Waals surface area contributed by atoms with Gasteiger partial charge in [-0.3, -0.25) is 4.79 Å². The summed E-state index contributed by atoms with van der Waals surface area (Å²) in [6.07, 6.45) is 2.21. The number of carbonyl (C=O) groups excluding carboxylic acids is 1. The Morgan fingerprint density at radius 2 is 2.09 bits per heavy atom. The molecule has 1 N–H and O–H groups in total. The average Bonchev–Trinajstić information content (AvgIpc) is 2.50. The van der Waals surface area contributed by atoms with Crippen LogP contribution in [-0.2, 0) is 11.2 Å². The van der Waals surface area contributed by atoms with Gasteiger partial charge in [-0.1, -0.05) is 18.2 Å². The van der Waals surface area contributed by atoms with Crippen LogP contribution in [0.5, 0.6) is 0 Å². The highest BCUT2D eigenvalue weighted by Crippen LogP contribution is 2.26. The van der Waals surface area contributed by atoms with Gasteiger partial charge in [-0.05, 0) is 77.7 Å². The van der Waals surface area contributed by atoms with Crippen molar-refractivity contribution in [1.29, 1.82) is 0 Å². The lowest BCUT2D eigenvalue weighted by Crippen LogP contribution is -2.36. The van der Waals surface area contributed by atoms with Gasteiger partial charge in [0.15, 0.2) is 0 Å². The zero-order chi connectivity index (χ0) is 15.5. The number of aryl methyl sites for hydroxylation is 2. The molecule has 0 radical (unpaired) electrons. The minimum absolute atomic E-state index is 0.0426. The molecule has 114 valence electrons. The third-order valence-corrected chi connectivity index (χ3v) is 4.67. The summed E-state index contributed by atoms with van der Waals surface area (Å²) < 4.78 is 1.18. The third kappa shape index (κ3) is 3.43. The van der Waals surface area contributed by atoms with Gasteiger partial charge in [0.2, 0.25) is 5.91 Å². The van der Waals surface area contributed by atoms with Crippen LogP contribution >= 0.6 is 22.6 Å². The Balaban J connectivity index is 1.70. The SMILES string of the molecule is Cc1cc(I)ccc1NC(=O)CN1CCCc2ccccc21. The van der Waals surface area contributed by atoms with E-state index in [2.05, 4.69) is 57.1 Å². The fraction of sp³-hybridized carbons (Fsp3) is 0.278. The summed E-state index contributed by atoms with van der Waals surface area (Å²) >= 11 is 2.28. The van der Waals surface area contributed by atoms with Crippen molar-refractivity contribution in [3.8, 4) is 0 Å². The number of nitrogens with one attached hydrogen (secondary N) is 1. The molecule has 0 aliphatic carbocycles. The van der Waals surface area contributed by atoms with E-state index in [1.165, 1.54) is 14.8 Å². The van der Waals surface area contributed by atoms with Crippen molar-refractivity contribution in [2.75, 3.05) is 23.3 Å². The molecule has 1 amide bonds. The lowest BCUT2D eigenvalue weighted by Gasteiger charge is -2.30. The number of anilines is 2. The van der Waals surface area contributed by atoms with Gasteiger partial charge in [-0.25, -0.2) is 0 Å². The van der Waals surface area contributed by atoms with E-state index in [0.29, 0.717) is 6.54 Å². The quantitative estimate of drug-likeness (QED) is 0.782. The van der Waals surface area contributed by atoms with Gasteiger partial charge in [-0.15, -0.1) is 0 Å². The fourth-order valence-electron chi connectivity index (χ4n) is 2.91. The molecule has 0 unspecified atom stereocenters. The van der Waals surface area contributed by atoms with Crippen LogP contribution in [0.3, 0.4) is 0 Å². The average molecular weight is 406 g/mol. The first-order chi connectivity index (χ1) is 10.6. The Labute approximate surface area is 144 Å². The first-order valence-electron chi connectivity index (χ1n) is 7.52. The lowest BCUT2D eigenvalue weighted by molar-refractivity contribution is -0.115. The van der Waals surface area contributed by atoms with Crippen molar-refractivity contribution in [1.82, 2.24) is 0 Å². The largest absolute Gasteiger partial charge is 0.362 e. The molecule has 0 bridgehead atoms. The number of carbonyl (C=O) groups is 1. The van der Waals surface area contributed by atoms with Gasteiger partial charge in [0.25, 0.3) is 0 Å². The monoisotopic (exact) mass is 406 g/mol. The van der Waals surface area contributed by atoms with Crippen LogP contribution in [0.4, 0.5) is 11.4 Å². The Hall–Kier alpha value is -1.56. The number of halogens is 1. The van der Waals surface area contributed by atoms with Crippen molar-refractivity contribution in [2.45, 2.75) is 19.8 Å². The number of rotatable bonds is 3. The fourth-order valence-corrected chi connectivity index (χ4v) is 3.55. The zero-order valence-electron chi connectivity index (χ0n) is 12.6. The molecule has 22 heavy (non-hydrogen) atoms. The van der Waals surface area contributed by atoms with Gasteiger partial charge in [0, 0.05) is 21.5 Å². The Bertz CT molecular complexity index is 699. The highest BCUT2D eigenvalue weighted by Gasteiger charge is 2.18. The van der Waals surface area contributed by atoms with Crippen LogP contribution in [0, 0.1) is 10.5 Å². The number of para-hydroxylation sites is 1. The predicted octanol–water partition coefficient (Wildman–Crippen LogP) is 3.99. The molecule has 2 aromatic carbocycles. The highest BCUT2D eigenvalue weighted by atomic mass is 127. The summed E-state index contributed by atoms with van der Waals surface area (Å²) in [5, 5.41) is 3.03. The molecule has 0 atom stereocenters. The van der Waals surface area contributed by atoms with Crippen LogP contribution in [0.15, 0.2) is 42.5 Å². The minimum atomic E-state index is 0.0426. The van der Waals surface area contributed by atoms with E-state index in [1.807, 2.05) is 25.1 Å². The summed E-state index contributed by atoms with van der Waals surface area (Å²) in [6, 6.07) is 14.4. The van der Waals surface area contributed by atoms with Crippen LogP contribution in [0.2, 0.25) is 0 Å². The maximum Gasteiger partial charge on any atom is 0.243 e. The van der Waals surface area contributed by atoms with Crippen molar-refractivity contribution in [3.63, 3.8) is 0 Å². The van der Waals surface area contributed by atoms with Crippen LogP contribution < -0.4 is 10.2 Å². The predicted molar refractivity (Wildman–Crippen MR) is 99.5 cm³/mol. The highest BCUT2D eigenvalue weighted by molar-refractivity contribution is 14.1. The number of hydrogen-bond donors (Lipinski definition) is 1. The second-order valence-corrected chi connectivity index (χ2v) is 6.91. The minimum Gasteiger partial charge on any atom is -0.362 e. The van der Waals surface area contributed by atoms with E-state index in [0.717, 1.165) is 30.6 Å². The second kappa shape index (κ2) is 6.69. The summed E-state index contributed by atoms with van der Waals surface area (Å²) in [4.78, 5) is 14.5. The Morgan fingerprint density at radius 3 is 2.91 bits per heavy atom. The van der Waals surface area contributed by atoms with Crippen molar-refractivity contribution in [2.24, 2.45) is 0 Å². The van der Waals surface area contributed by atoms with Crippen LogP contribution in [-0.4, -0.2) is 19.0 Å². The molecule has 4 heteroatoms. The van der Waals surface area contributed by atoms with Gasteiger partial charge < -0.3 is 10.2 Å². The lowest BCUT2D eigenvalue weighted by atomic mass is 10.0. The number of nitrogens with zero attached hydrogens (tertiary/aromatic N) is 1. The summed E-state index contributed by atoms with van der Waals surface area (Å²) in [6.45, 7) is 3.37. The number of hydrogen-bond acceptors (Lipinski definition) is 2. The second-order valence-electron chi connectivity index (χ2n) is 5.66. The standard InChI is InChI=1S/C18H19IN2O/c1-13-11-15(19)8-9-16(13)20-18(22)12-21-10-4-6-14-5-2-3-7-17(14)21/h2-3,5,7-9,11H,4,6,10,12H2,1H3,(H,20,22). The van der Waals surface area contributed by atoms with Gasteiger partial charge in [-0.2, -0.15) is 0 Å². The smallest absolute Gasteiger partial charge is 0.243 e. The van der Waals surface area contributed by atoms with Crippen molar-refractivity contribution >= 4 is 39.9 Å². The first-order valence-corrected chi connectivity index (χ1v) is 8.60. The van der Waals surface area contributed by atoms with E-state index < -0.39 is 0 Å². The van der Waals surface area contributed by atoms with E-state index in [1.54, 1.807) is 0 Å². The molecule has 1 heterocycles. The molecule has 1 aliphatic rings. The van der Waals surface area contributed by atoms with E-state index >= 15 is 0 Å². The molecule has 0 spiro atoms. The van der Waals surface area contributed by atoms with Crippen LogP contribution in [0.25, 0.3) is 0 Å². The maximum absolute atomic E-state index is 12.4. The normalized spacial score (nSPS) is 13.6.